The van der Waals surface area contributed by atoms with Gasteiger partial charge in [-0.15, -0.1) is 0 Å². The second-order valence-corrected chi connectivity index (χ2v) is 6.41. The number of nitrogens with two attached hydrogens (primary N) is 1. The highest BCUT2D eigenvalue weighted by Crippen LogP contribution is 2.19. The third-order valence-electron chi connectivity index (χ3n) is 4.60. The first-order valence-corrected chi connectivity index (χ1v) is 8.62. The quantitative estimate of drug-likeness (QED) is 0.511. The second-order valence-electron chi connectivity index (χ2n) is 6.41. The molecule has 0 aliphatic rings. The Labute approximate surface area is 155 Å². The Morgan fingerprint density at radius 2 is 1.89 bits per heavy atom. The minimum atomic E-state index is -0.817. The van der Waals surface area contributed by atoms with Crippen molar-refractivity contribution >= 4 is 33.6 Å². The molecule has 4 N–H and O–H groups in total. The number of hydrogen-bond acceptors (Lipinski definition) is 3. The van der Waals surface area contributed by atoms with E-state index in [1.54, 1.807) is 6.07 Å². The van der Waals surface area contributed by atoms with Gasteiger partial charge < -0.3 is 16.0 Å². The summed E-state index contributed by atoms with van der Waals surface area (Å²) in [6.45, 7) is 0. The molecule has 0 spiro atoms. The number of carbonyl (C=O) groups excluding carboxylic acids is 2. The number of hydrogen-bond donors (Lipinski definition) is 3. The van der Waals surface area contributed by atoms with Crippen molar-refractivity contribution in [2.75, 3.05) is 0 Å². The first-order valence-electron chi connectivity index (χ1n) is 8.62. The summed E-state index contributed by atoms with van der Waals surface area (Å²) in [7, 11) is 0. The summed E-state index contributed by atoms with van der Waals surface area (Å²) in [5, 5.41) is 4.60. The van der Waals surface area contributed by atoms with Crippen LogP contribution in [0.3, 0.4) is 0 Å². The van der Waals surface area contributed by atoms with Gasteiger partial charge in [0.05, 0.1) is 11.1 Å². The van der Waals surface area contributed by atoms with E-state index in [2.05, 4.69) is 15.3 Å². The molecule has 0 saturated carbocycles. The van der Waals surface area contributed by atoms with Gasteiger partial charge in [-0.1, -0.05) is 36.4 Å². The van der Waals surface area contributed by atoms with E-state index < -0.39 is 11.9 Å². The molecule has 6 nitrogen and oxygen atoms in total. The molecule has 134 valence electrons. The number of amides is 2. The molecule has 0 saturated heterocycles. The number of pyridine rings is 1. The minimum Gasteiger partial charge on any atom is -0.368 e. The summed E-state index contributed by atoms with van der Waals surface area (Å²) in [5.41, 5.74) is 8.62. The van der Waals surface area contributed by atoms with Crippen LogP contribution in [0.2, 0.25) is 0 Å². The molecule has 0 aliphatic heterocycles. The average Bonchev–Trinajstić information content (AvgIpc) is 3.10. The zero-order valence-electron chi connectivity index (χ0n) is 14.5. The molecule has 0 aliphatic carbocycles. The number of carbonyl (C=O) groups is 2. The molecule has 0 unspecified atom stereocenters. The third-order valence-corrected chi connectivity index (χ3v) is 4.60. The van der Waals surface area contributed by atoms with E-state index in [9.17, 15) is 9.59 Å². The Bertz CT molecular complexity index is 1150. The van der Waals surface area contributed by atoms with Gasteiger partial charge in [0.25, 0.3) is 5.91 Å². The van der Waals surface area contributed by atoms with E-state index in [4.69, 9.17) is 5.73 Å². The van der Waals surface area contributed by atoms with Gasteiger partial charge in [0.1, 0.15) is 6.04 Å². The molecule has 4 aromatic rings. The minimum absolute atomic E-state index is 0.312. The Morgan fingerprint density at radius 1 is 1.11 bits per heavy atom. The van der Waals surface area contributed by atoms with Crippen molar-refractivity contribution in [1.82, 2.24) is 15.3 Å². The molecule has 2 amide bonds. The maximum atomic E-state index is 12.6. The monoisotopic (exact) mass is 358 g/mol. The van der Waals surface area contributed by atoms with Crippen LogP contribution in [0.25, 0.3) is 21.8 Å². The molecular formula is C21H18N4O2. The summed E-state index contributed by atoms with van der Waals surface area (Å²) in [5.74, 6) is -0.959. The number of benzene rings is 2. The largest absolute Gasteiger partial charge is 0.368 e. The van der Waals surface area contributed by atoms with E-state index >= 15 is 0 Å². The highest BCUT2D eigenvalue weighted by Gasteiger charge is 2.21. The normalized spacial score (nSPS) is 12.1. The fourth-order valence-electron chi connectivity index (χ4n) is 3.18. The van der Waals surface area contributed by atoms with Crippen molar-refractivity contribution in [3.05, 3.63) is 78.1 Å². The van der Waals surface area contributed by atoms with Crippen LogP contribution in [0.15, 0.2) is 67.0 Å². The number of aromatic nitrogens is 2. The van der Waals surface area contributed by atoms with Crippen molar-refractivity contribution in [3.8, 4) is 0 Å². The fourth-order valence-corrected chi connectivity index (χ4v) is 3.18. The lowest BCUT2D eigenvalue weighted by molar-refractivity contribution is -0.119. The highest BCUT2D eigenvalue weighted by atomic mass is 16.2. The SMILES string of the molecule is NC(=O)[C@H](Cc1c[nH]c2ccccc12)NC(=O)c1cnc2ccccc2c1. The van der Waals surface area contributed by atoms with Crippen molar-refractivity contribution < 1.29 is 9.59 Å². The first-order chi connectivity index (χ1) is 13.1. The number of H-pyrrole nitrogens is 1. The van der Waals surface area contributed by atoms with Crippen LogP contribution in [0, 0.1) is 0 Å². The van der Waals surface area contributed by atoms with Gasteiger partial charge in [-0.25, -0.2) is 0 Å². The molecule has 6 heteroatoms. The van der Waals surface area contributed by atoms with Gasteiger partial charge in [0.2, 0.25) is 5.91 Å². The molecule has 27 heavy (non-hydrogen) atoms. The van der Waals surface area contributed by atoms with Crippen molar-refractivity contribution in [2.45, 2.75) is 12.5 Å². The molecule has 1 atom stereocenters. The lowest BCUT2D eigenvalue weighted by Crippen LogP contribution is -2.45. The molecule has 2 aromatic carbocycles. The summed E-state index contributed by atoms with van der Waals surface area (Å²) in [4.78, 5) is 32.0. The zero-order valence-corrected chi connectivity index (χ0v) is 14.5. The molecule has 2 heterocycles. The van der Waals surface area contributed by atoms with Gasteiger partial charge in [0, 0.05) is 35.1 Å². The summed E-state index contributed by atoms with van der Waals surface area (Å²) in [6, 6.07) is 16.3. The van der Waals surface area contributed by atoms with Gasteiger partial charge >= 0.3 is 0 Å². The van der Waals surface area contributed by atoms with Crippen LogP contribution < -0.4 is 11.1 Å². The van der Waals surface area contributed by atoms with E-state index in [-0.39, 0.29) is 5.91 Å². The molecule has 4 rings (SSSR count). The Kier molecular flexibility index (Phi) is 4.30. The zero-order chi connectivity index (χ0) is 18.8. The number of nitrogens with zero attached hydrogens (tertiary/aromatic N) is 1. The third kappa shape index (κ3) is 3.37. The lowest BCUT2D eigenvalue weighted by Gasteiger charge is -2.15. The molecular weight excluding hydrogens is 340 g/mol. The van der Waals surface area contributed by atoms with E-state index in [0.717, 1.165) is 27.4 Å². The molecule has 2 aromatic heterocycles. The summed E-state index contributed by atoms with van der Waals surface area (Å²) < 4.78 is 0. The standard InChI is InChI=1S/C21H18N4O2/c22-20(26)19(10-14-11-24-18-8-4-2-6-16(14)18)25-21(27)15-9-13-5-1-3-7-17(13)23-12-15/h1-9,11-12,19,24H,10H2,(H2,22,26)(H,25,27)/t19-/m0/s1. The maximum Gasteiger partial charge on any atom is 0.253 e. The highest BCUT2D eigenvalue weighted by molar-refractivity contribution is 5.99. The predicted molar refractivity (Wildman–Crippen MR) is 104 cm³/mol. The molecule has 0 radical (unpaired) electrons. The number of rotatable bonds is 5. The summed E-state index contributed by atoms with van der Waals surface area (Å²) >= 11 is 0. The molecule has 0 bridgehead atoms. The van der Waals surface area contributed by atoms with E-state index in [1.165, 1.54) is 6.20 Å². The molecule has 0 fully saturated rings. The predicted octanol–water partition coefficient (Wildman–Crippen LogP) is 2.54. The lowest BCUT2D eigenvalue weighted by atomic mass is 10.0. The van der Waals surface area contributed by atoms with Gasteiger partial charge in [-0.2, -0.15) is 0 Å². The topological polar surface area (TPSA) is 101 Å². The summed E-state index contributed by atoms with van der Waals surface area (Å²) in [6.07, 6.45) is 3.65. The van der Waals surface area contributed by atoms with Gasteiger partial charge in [-0.3, -0.25) is 14.6 Å². The fraction of sp³-hybridized carbons (Fsp3) is 0.0952. The van der Waals surface area contributed by atoms with Crippen molar-refractivity contribution in [2.24, 2.45) is 5.73 Å². The Balaban J connectivity index is 1.57. The van der Waals surface area contributed by atoms with Crippen LogP contribution in [-0.2, 0) is 11.2 Å². The van der Waals surface area contributed by atoms with Crippen molar-refractivity contribution in [1.29, 1.82) is 0 Å². The van der Waals surface area contributed by atoms with Gasteiger partial charge in [0.15, 0.2) is 0 Å². The van der Waals surface area contributed by atoms with E-state index in [0.29, 0.717) is 12.0 Å². The Hall–Kier alpha value is -3.67. The van der Waals surface area contributed by atoms with Crippen LogP contribution in [-0.4, -0.2) is 27.8 Å². The van der Waals surface area contributed by atoms with E-state index in [1.807, 2.05) is 54.7 Å². The van der Waals surface area contributed by atoms with Crippen LogP contribution in [0.5, 0.6) is 0 Å². The Morgan fingerprint density at radius 3 is 2.74 bits per heavy atom. The smallest absolute Gasteiger partial charge is 0.253 e. The van der Waals surface area contributed by atoms with Crippen LogP contribution in [0.4, 0.5) is 0 Å². The van der Waals surface area contributed by atoms with Crippen LogP contribution >= 0.6 is 0 Å². The van der Waals surface area contributed by atoms with Crippen LogP contribution in [0.1, 0.15) is 15.9 Å². The second kappa shape index (κ2) is 6.92. The van der Waals surface area contributed by atoms with Crippen molar-refractivity contribution in [3.63, 3.8) is 0 Å². The maximum absolute atomic E-state index is 12.6. The number of fused-ring (bicyclic) bond motifs is 2. The number of nitrogens with one attached hydrogen (secondary N) is 2. The first kappa shape index (κ1) is 16.8. The number of primary amides is 1. The average molecular weight is 358 g/mol. The number of para-hydroxylation sites is 2. The number of aromatic amines is 1. The van der Waals surface area contributed by atoms with Gasteiger partial charge in [-0.05, 0) is 23.8 Å².